The topological polar surface area (TPSA) is 86.8 Å². The van der Waals surface area contributed by atoms with Gasteiger partial charge in [0.25, 0.3) is 0 Å². The Morgan fingerprint density at radius 1 is 1.03 bits per heavy atom. The summed E-state index contributed by atoms with van der Waals surface area (Å²) >= 11 is 12.3. The Kier molecular flexibility index (Phi) is 9.57. The predicted octanol–water partition coefficient (Wildman–Crippen LogP) is 3.95. The van der Waals surface area contributed by atoms with Crippen LogP contribution in [0.25, 0.3) is 0 Å². The van der Waals surface area contributed by atoms with Gasteiger partial charge >= 0.3 is 0 Å². The highest BCUT2D eigenvalue weighted by Crippen LogP contribution is 2.27. The number of nitrogens with one attached hydrogen (secondary N) is 1. The number of hydrogen-bond acceptors (Lipinski definition) is 4. The van der Waals surface area contributed by atoms with E-state index < -0.39 is 28.5 Å². The minimum atomic E-state index is -3.84. The van der Waals surface area contributed by atoms with E-state index in [4.69, 9.17) is 23.2 Å². The van der Waals surface area contributed by atoms with Gasteiger partial charge in [0.2, 0.25) is 21.8 Å². The minimum absolute atomic E-state index is 0.0791. The standard InChI is InChI=1S/C23H29Cl2N3O4S/c1-16(2)13-26-23(30)17(3)27(14-18-8-7-9-19(24)12-18)22(29)15-28(33(4,31)32)21-11-6-5-10-20(21)25/h5-12,16-17H,13-15H2,1-4H3,(H,26,30)/t17-/m0/s1. The fraction of sp³-hybridized carbons (Fsp3) is 0.391. The van der Waals surface area contributed by atoms with Crippen LogP contribution in [0.3, 0.4) is 0 Å². The molecule has 1 atom stereocenters. The quantitative estimate of drug-likeness (QED) is 0.520. The van der Waals surface area contributed by atoms with Crippen LogP contribution in [0.15, 0.2) is 48.5 Å². The van der Waals surface area contributed by atoms with Gasteiger partial charge < -0.3 is 10.2 Å². The molecular weight excluding hydrogens is 485 g/mol. The van der Waals surface area contributed by atoms with E-state index in [2.05, 4.69) is 5.32 Å². The summed E-state index contributed by atoms with van der Waals surface area (Å²) in [6.07, 6.45) is 1.00. The third-order valence-corrected chi connectivity index (χ3v) is 6.58. The van der Waals surface area contributed by atoms with Crippen LogP contribution in [0.4, 0.5) is 5.69 Å². The minimum Gasteiger partial charge on any atom is -0.354 e. The maximum Gasteiger partial charge on any atom is 0.244 e. The predicted molar refractivity (Wildman–Crippen MR) is 133 cm³/mol. The highest BCUT2D eigenvalue weighted by atomic mass is 35.5. The smallest absolute Gasteiger partial charge is 0.244 e. The second kappa shape index (κ2) is 11.7. The number of halogens is 2. The number of carbonyl (C=O) groups is 2. The molecule has 10 heteroatoms. The van der Waals surface area contributed by atoms with E-state index in [0.717, 1.165) is 10.6 Å². The van der Waals surface area contributed by atoms with Crippen LogP contribution in [0, 0.1) is 5.92 Å². The van der Waals surface area contributed by atoms with Crippen LogP contribution in [-0.2, 0) is 26.2 Å². The van der Waals surface area contributed by atoms with Gasteiger partial charge in [-0.2, -0.15) is 0 Å². The van der Waals surface area contributed by atoms with Crippen molar-refractivity contribution < 1.29 is 18.0 Å². The Bertz CT molecular complexity index is 1090. The van der Waals surface area contributed by atoms with Crippen LogP contribution >= 0.6 is 23.2 Å². The number of sulfonamides is 1. The van der Waals surface area contributed by atoms with Gasteiger partial charge in [-0.3, -0.25) is 13.9 Å². The summed E-state index contributed by atoms with van der Waals surface area (Å²) in [7, 11) is -3.84. The van der Waals surface area contributed by atoms with Crippen molar-refractivity contribution in [2.75, 3.05) is 23.7 Å². The molecule has 0 unspecified atom stereocenters. The summed E-state index contributed by atoms with van der Waals surface area (Å²) in [6, 6.07) is 12.5. The molecule has 2 aromatic rings. The van der Waals surface area contributed by atoms with E-state index in [1.165, 1.54) is 11.0 Å². The maximum absolute atomic E-state index is 13.4. The highest BCUT2D eigenvalue weighted by molar-refractivity contribution is 7.92. The molecule has 0 aliphatic rings. The monoisotopic (exact) mass is 513 g/mol. The molecule has 2 amide bonds. The maximum atomic E-state index is 13.4. The van der Waals surface area contributed by atoms with E-state index in [-0.39, 0.29) is 29.1 Å². The lowest BCUT2D eigenvalue weighted by Gasteiger charge is -2.31. The lowest BCUT2D eigenvalue weighted by Crippen LogP contribution is -2.51. The highest BCUT2D eigenvalue weighted by Gasteiger charge is 2.30. The van der Waals surface area contributed by atoms with Gasteiger partial charge in [-0.25, -0.2) is 8.42 Å². The van der Waals surface area contributed by atoms with Crippen molar-refractivity contribution in [3.63, 3.8) is 0 Å². The van der Waals surface area contributed by atoms with Gasteiger partial charge in [-0.15, -0.1) is 0 Å². The van der Waals surface area contributed by atoms with Crippen LogP contribution < -0.4 is 9.62 Å². The SMILES string of the molecule is CC(C)CNC(=O)[C@H](C)N(Cc1cccc(Cl)c1)C(=O)CN(c1ccccc1Cl)S(C)(=O)=O. The van der Waals surface area contributed by atoms with Crippen molar-refractivity contribution in [1.29, 1.82) is 0 Å². The Hall–Kier alpha value is -2.29. The average molecular weight is 514 g/mol. The third kappa shape index (κ3) is 7.91. The molecule has 2 aromatic carbocycles. The summed E-state index contributed by atoms with van der Waals surface area (Å²) in [5.41, 5.74) is 0.901. The molecule has 0 spiro atoms. The average Bonchev–Trinajstić information content (AvgIpc) is 2.73. The number of benzene rings is 2. The van der Waals surface area contributed by atoms with Crippen LogP contribution in [-0.4, -0.2) is 50.5 Å². The number of rotatable bonds is 10. The molecular formula is C23H29Cl2N3O4S. The zero-order valence-electron chi connectivity index (χ0n) is 19.1. The molecule has 0 heterocycles. The number of amides is 2. The van der Waals surface area contributed by atoms with E-state index in [1.807, 2.05) is 13.8 Å². The Balaban J connectivity index is 2.38. The number of anilines is 1. The molecule has 0 bridgehead atoms. The van der Waals surface area contributed by atoms with Gasteiger partial charge in [-0.05, 0) is 42.7 Å². The number of nitrogens with zero attached hydrogens (tertiary/aromatic N) is 2. The number of hydrogen-bond donors (Lipinski definition) is 1. The van der Waals surface area contributed by atoms with Crippen LogP contribution in [0.1, 0.15) is 26.3 Å². The second-order valence-electron chi connectivity index (χ2n) is 8.19. The Morgan fingerprint density at radius 2 is 1.70 bits per heavy atom. The largest absolute Gasteiger partial charge is 0.354 e. The molecule has 0 aliphatic heterocycles. The molecule has 0 aliphatic carbocycles. The molecule has 2 rings (SSSR count). The Labute approximate surface area is 205 Å². The molecule has 33 heavy (non-hydrogen) atoms. The first-order valence-corrected chi connectivity index (χ1v) is 13.0. The summed E-state index contributed by atoms with van der Waals surface area (Å²) in [6.45, 7) is 5.57. The lowest BCUT2D eigenvalue weighted by atomic mass is 10.1. The second-order valence-corrected chi connectivity index (χ2v) is 10.9. The first-order valence-electron chi connectivity index (χ1n) is 10.4. The number of para-hydroxylation sites is 1. The molecule has 7 nitrogen and oxygen atoms in total. The zero-order valence-corrected chi connectivity index (χ0v) is 21.4. The van der Waals surface area contributed by atoms with Gasteiger partial charge in [0.1, 0.15) is 12.6 Å². The lowest BCUT2D eigenvalue weighted by molar-refractivity contribution is -0.139. The van der Waals surface area contributed by atoms with Crippen LogP contribution in [0.2, 0.25) is 10.0 Å². The van der Waals surface area contributed by atoms with E-state index in [1.54, 1.807) is 49.4 Å². The summed E-state index contributed by atoms with van der Waals surface area (Å²) in [5, 5.41) is 3.51. The van der Waals surface area contributed by atoms with Crippen molar-refractivity contribution in [2.45, 2.75) is 33.4 Å². The summed E-state index contributed by atoms with van der Waals surface area (Å²) < 4.78 is 26.0. The number of carbonyl (C=O) groups excluding carboxylic acids is 2. The first-order chi connectivity index (χ1) is 15.4. The fourth-order valence-corrected chi connectivity index (χ4v) is 4.48. The van der Waals surface area contributed by atoms with E-state index in [9.17, 15) is 18.0 Å². The van der Waals surface area contributed by atoms with Gasteiger partial charge in [0.05, 0.1) is 17.0 Å². The van der Waals surface area contributed by atoms with E-state index >= 15 is 0 Å². The van der Waals surface area contributed by atoms with E-state index in [0.29, 0.717) is 17.1 Å². The van der Waals surface area contributed by atoms with Crippen molar-refractivity contribution in [2.24, 2.45) is 5.92 Å². The van der Waals surface area contributed by atoms with Crippen molar-refractivity contribution in [1.82, 2.24) is 10.2 Å². The van der Waals surface area contributed by atoms with Gasteiger partial charge in [0.15, 0.2) is 0 Å². The molecule has 0 saturated carbocycles. The fourth-order valence-electron chi connectivity index (χ4n) is 3.12. The van der Waals surface area contributed by atoms with Crippen molar-refractivity contribution >= 4 is 50.7 Å². The summed E-state index contributed by atoms with van der Waals surface area (Å²) in [5.74, 6) is -0.644. The molecule has 0 saturated heterocycles. The molecule has 180 valence electrons. The summed E-state index contributed by atoms with van der Waals surface area (Å²) in [4.78, 5) is 27.5. The third-order valence-electron chi connectivity index (χ3n) is 4.89. The molecule has 0 radical (unpaired) electrons. The first kappa shape index (κ1) is 27.0. The Morgan fingerprint density at radius 3 is 2.27 bits per heavy atom. The molecule has 0 aromatic heterocycles. The van der Waals surface area contributed by atoms with Crippen molar-refractivity contribution in [3.05, 3.63) is 64.1 Å². The van der Waals surface area contributed by atoms with Gasteiger partial charge in [0, 0.05) is 18.1 Å². The normalized spacial score (nSPS) is 12.3. The van der Waals surface area contributed by atoms with Crippen molar-refractivity contribution in [3.8, 4) is 0 Å². The zero-order chi connectivity index (χ0) is 24.8. The molecule has 1 N–H and O–H groups in total. The molecule has 0 fully saturated rings. The van der Waals surface area contributed by atoms with Crippen LogP contribution in [0.5, 0.6) is 0 Å². The van der Waals surface area contributed by atoms with Gasteiger partial charge in [-0.1, -0.05) is 61.3 Å².